The van der Waals surface area contributed by atoms with Gasteiger partial charge in [-0.15, -0.1) is 17.8 Å². The lowest BCUT2D eigenvalue weighted by molar-refractivity contribution is -0.120. The summed E-state index contributed by atoms with van der Waals surface area (Å²) in [6.45, 7) is 6.46. The van der Waals surface area contributed by atoms with Gasteiger partial charge in [-0.25, -0.2) is 9.67 Å². The Morgan fingerprint density at radius 2 is 2.10 bits per heavy atom. The van der Waals surface area contributed by atoms with Crippen molar-refractivity contribution in [3.63, 3.8) is 0 Å². The van der Waals surface area contributed by atoms with Crippen molar-refractivity contribution in [2.45, 2.75) is 33.2 Å². The number of hydrogen-bond donors (Lipinski definition) is 2. The van der Waals surface area contributed by atoms with E-state index in [4.69, 9.17) is 11.4 Å². The van der Waals surface area contributed by atoms with Gasteiger partial charge in [-0.3, -0.25) is 9.59 Å². The van der Waals surface area contributed by atoms with Crippen molar-refractivity contribution >= 4 is 34.2 Å². The molecular formula is C21H23N5O2S. The predicted octanol–water partition coefficient (Wildman–Crippen LogP) is 2.92. The number of nitrogens with one attached hydrogen (secondary N) is 2. The van der Waals surface area contributed by atoms with E-state index in [2.05, 4.69) is 21.7 Å². The van der Waals surface area contributed by atoms with E-state index in [-0.39, 0.29) is 37.4 Å². The molecule has 0 unspecified atom stereocenters. The number of amides is 2. The molecular weight excluding hydrogens is 386 g/mol. The molecule has 7 nitrogen and oxygen atoms in total. The van der Waals surface area contributed by atoms with E-state index in [9.17, 15) is 9.59 Å². The summed E-state index contributed by atoms with van der Waals surface area (Å²) in [5.74, 6) is 1.88. The van der Waals surface area contributed by atoms with E-state index in [0.29, 0.717) is 16.6 Å². The number of aryl methyl sites for hydroxylation is 1. The van der Waals surface area contributed by atoms with E-state index < -0.39 is 0 Å². The number of nitrogens with zero attached hydrogens (tertiary/aromatic N) is 3. The summed E-state index contributed by atoms with van der Waals surface area (Å²) >= 11 is 1.62. The van der Waals surface area contributed by atoms with Gasteiger partial charge in [-0.1, -0.05) is 5.92 Å². The lowest BCUT2D eigenvalue weighted by Crippen LogP contribution is -2.31. The van der Waals surface area contributed by atoms with Crippen molar-refractivity contribution in [1.29, 1.82) is 0 Å². The first kappa shape index (κ1) is 20.6. The highest BCUT2D eigenvalue weighted by Gasteiger charge is 2.19. The number of rotatable bonds is 7. The van der Waals surface area contributed by atoms with Crippen molar-refractivity contribution in [3.8, 4) is 22.9 Å². The van der Waals surface area contributed by atoms with Crippen LogP contribution >= 0.6 is 11.3 Å². The number of thiophene rings is 1. The largest absolute Gasteiger partial charge is 0.351 e. The van der Waals surface area contributed by atoms with E-state index in [0.717, 1.165) is 10.6 Å². The van der Waals surface area contributed by atoms with Gasteiger partial charge in [0.05, 0.1) is 34.3 Å². The van der Waals surface area contributed by atoms with Crippen LogP contribution in [-0.2, 0) is 4.79 Å². The Labute approximate surface area is 173 Å². The molecule has 0 saturated carbocycles. The molecule has 8 heteroatoms. The van der Waals surface area contributed by atoms with Crippen molar-refractivity contribution in [3.05, 3.63) is 34.8 Å². The Hall–Kier alpha value is -3.18. The Morgan fingerprint density at radius 3 is 2.76 bits per heavy atom. The summed E-state index contributed by atoms with van der Waals surface area (Å²) in [4.78, 5) is 31.5. The van der Waals surface area contributed by atoms with E-state index >= 15 is 0 Å². The van der Waals surface area contributed by atoms with Gasteiger partial charge in [0.1, 0.15) is 0 Å². The maximum atomic E-state index is 12.9. The first-order valence-electron chi connectivity index (χ1n) is 9.34. The minimum absolute atomic E-state index is 0.107. The average Bonchev–Trinajstić information content (AvgIpc) is 3.31. The third-order valence-electron chi connectivity index (χ3n) is 4.32. The van der Waals surface area contributed by atoms with Crippen LogP contribution in [0.2, 0.25) is 0 Å². The zero-order valence-electron chi connectivity index (χ0n) is 16.7. The van der Waals surface area contributed by atoms with Gasteiger partial charge in [0.2, 0.25) is 5.91 Å². The number of terminal acetylenes is 1. The fourth-order valence-electron chi connectivity index (χ4n) is 2.91. The summed E-state index contributed by atoms with van der Waals surface area (Å²) in [5, 5.41) is 10.5. The lowest BCUT2D eigenvalue weighted by atomic mass is 10.1. The van der Waals surface area contributed by atoms with Gasteiger partial charge in [-0.2, -0.15) is 5.10 Å². The third-order valence-corrected chi connectivity index (χ3v) is 5.34. The van der Waals surface area contributed by atoms with Crippen molar-refractivity contribution in [1.82, 2.24) is 25.4 Å². The van der Waals surface area contributed by atoms with E-state index in [1.54, 1.807) is 23.6 Å². The predicted molar refractivity (Wildman–Crippen MR) is 115 cm³/mol. The summed E-state index contributed by atoms with van der Waals surface area (Å²) in [6, 6.07) is 5.92. The van der Waals surface area contributed by atoms with Crippen LogP contribution in [0.1, 0.15) is 41.5 Å². The van der Waals surface area contributed by atoms with Crippen molar-refractivity contribution < 1.29 is 9.59 Å². The molecule has 0 saturated heterocycles. The summed E-state index contributed by atoms with van der Waals surface area (Å²) < 4.78 is 1.81. The van der Waals surface area contributed by atoms with Crippen LogP contribution in [0, 0.1) is 19.3 Å². The zero-order chi connectivity index (χ0) is 21.0. The highest BCUT2D eigenvalue weighted by atomic mass is 32.1. The number of pyridine rings is 1. The minimum Gasteiger partial charge on any atom is -0.351 e. The van der Waals surface area contributed by atoms with Crippen LogP contribution in [-0.4, -0.2) is 39.7 Å². The first-order valence-corrected chi connectivity index (χ1v) is 10.2. The van der Waals surface area contributed by atoms with Gasteiger partial charge >= 0.3 is 0 Å². The maximum Gasteiger partial charge on any atom is 0.252 e. The molecule has 2 N–H and O–H groups in total. The number of hydrogen-bond acceptors (Lipinski definition) is 5. The van der Waals surface area contributed by atoms with E-state index in [1.165, 1.54) is 4.88 Å². The van der Waals surface area contributed by atoms with Gasteiger partial charge in [-0.05, 0) is 39.0 Å². The van der Waals surface area contributed by atoms with Crippen molar-refractivity contribution in [2.75, 3.05) is 13.1 Å². The standard InChI is InChI=1S/C21H23N5O2S/c1-5-9-22-19(27)8-10-23-21(28)15-11-17(18-7-6-14(4)29-18)25-20-16(15)12-24-26(20)13(2)3/h1,6-7,11-13H,8-10H2,2-4H3,(H,22,27)(H,23,28). The fraction of sp³-hybridized carbons (Fsp3) is 0.333. The molecule has 3 heterocycles. The van der Waals surface area contributed by atoms with Crippen LogP contribution < -0.4 is 10.6 Å². The Morgan fingerprint density at radius 1 is 1.31 bits per heavy atom. The number of aromatic nitrogens is 3. The molecule has 0 atom stereocenters. The van der Waals surface area contributed by atoms with Crippen LogP contribution in [0.4, 0.5) is 0 Å². The molecule has 2 amide bonds. The second-order valence-corrected chi connectivity index (χ2v) is 8.16. The Kier molecular flexibility index (Phi) is 6.29. The summed E-state index contributed by atoms with van der Waals surface area (Å²) in [7, 11) is 0. The molecule has 3 aromatic heterocycles. The smallest absolute Gasteiger partial charge is 0.252 e. The van der Waals surface area contributed by atoms with E-state index in [1.807, 2.05) is 37.6 Å². The molecule has 0 aliphatic rings. The molecule has 3 rings (SSSR count). The third kappa shape index (κ3) is 4.63. The van der Waals surface area contributed by atoms with Gasteiger partial charge < -0.3 is 10.6 Å². The molecule has 3 aromatic rings. The van der Waals surface area contributed by atoms with Crippen molar-refractivity contribution in [2.24, 2.45) is 0 Å². The number of carbonyl (C=O) groups is 2. The topological polar surface area (TPSA) is 88.9 Å². The average molecular weight is 410 g/mol. The van der Waals surface area contributed by atoms with Crippen LogP contribution in [0.5, 0.6) is 0 Å². The summed E-state index contributed by atoms with van der Waals surface area (Å²) in [6.07, 6.45) is 6.95. The first-order chi connectivity index (χ1) is 13.9. The van der Waals surface area contributed by atoms with Crippen LogP contribution in [0.25, 0.3) is 21.6 Å². The SMILES string of the molecule is C#CCNC(=O)CCNC(=O)c1cc(-c2ccc(C)s2)nc2c1cnn2C(C)C. The molecule has 0 fully saturated rings. The van der Waals surface area contributed by atoms with Crippen LogP contribution in [0.3, 0.4) is 0 Å². The molecule has 150 valence electrons. The second-order valence-electron chi connectivity index (χ2n) is 6.87. The number of carbonyl (C=O) groups excluding carboxylic acids is 2. The highest BCUT2D eigenvalue weighted by Crippen LogP contribution is 2.30. The van der Waals surface area contributed by atoms with Gasteiger partial charge in [0.25, 0.3) is 5.91 Å². The van der Waals surface area contributed by atoms with Crippen LogP contribution in [0.15, 0.2) is 24.4 Å². The minimum atomic E-state index is -0.264. The van der Waals surface area contributed by atoms with Gasteiger partial charge in [0, 0.05) is 23.9 Å². The zero-order valence-corrected chi connectivity index (χ0v) is 17.5. The van der Waals surface area contributed by atoms with Gasteiger partial charge in [0.15, 0.2) is 5.65 Å². The molecule has 0 aromatic carbocycles. The molecule has 0 spiro atoms. The maximum absolute atomic E-state index is 12.9. The monoisotopic (exact) mass is 409 g/mol. The molecule has 0 radical (unpaired) electrons. The molecule has 29 heavy (non-hydrogen) atoms. The molecule has 0 aliphatic carbocycles. The Bertz CT molecular complexity index is 1090. The number of fused-ring (bicyclic) bond motifs is 1. The quantitative estimate of drug-likeness (QED) is 0.587. The normalized spacial score (nSPS) is 10.9. The Balaban J connectivity index is 1.90. The second kappa shape index (κ2) is 8.88. The highest BCUT2D eigenvalue weighted by molar-refractivity contribution is 7.15. The summed E-state index contributed by atoms with van der Waals surface area (Å²) in [5.41, 5.74) is 1.89. The lowest BCUT2D eigenvalue weighted by Gasteiger charge is -2.10. The molecule has 0 bridgehead atoms. The molecule has 0 aliphatic heterocycles. The fourth-order valence-corrected chi connectivity index (χ4v) is 3.73.